The molecule has 1 heterocycles. The van der Waals surface area contributed by atoms with Crippen molar-refractivity contribution in [1.29, 1.82) is 0 Å². The predicted molar refractivity (Wildman–Crippen MR) is 89.2 cm³/mol. The Morgan fingerprint density at radius 1 is 1.21 bits per heavy atom. The SMILES string of the molecule is CCCNCc1sc(CSC(C)(C)C)nc1CCC. The van der Waals surface area contributed by atoms with E-state index in [2.05, 4.69) is 39.9 Å². The maximum absolute atomic E-state index is 4.84. The molecule has 0 aromatic carbocycles. The highest BCUT2D eigenvalue weighted by Gasteiger charge is 2.14. The highest BCUT2D eigenvalue weighted by molar-refractivity contribution is 7.99. The van der Waals surface area contributed by atoms with Crippen molar-refractivity contribution in [3.63, 3.8) is 0 Å². The molecule has 1 aromatic heterocycles. The molecule has 0 aliphatic carbocycles. The standard InChI is InChI=1S/C15H28N2S2/c1-6-8-12-13(10-16-9-7-2)19-14(17-12)11-18-15(3,4)5/h16H,6-11H2,1-5H3. The van der Waals surface area contributed by atoms with Gasteiger partial charge >= 0.3 is 0 Å². The number of hydrogen-bond donors (Lipinski definition) is 1. The third kappa shape index (κ3) is 6.77. The van der Waals surface area contributed by atoms with Gasteiger partial charge in [0.05, 0.1) is 5.69 Å². The first-order valence-corrected chi connectivity index (χ1v) is 9.08. The van der Waals surface area contributed by atoms with E-state index < -0.39 is 0 Å². The van der Waals surface area contributed by atoms with Crippen molar-refractivity contribution in [2.45, 2.75) is 70.9 Å². The van der Waals surface area contributed by atoms with E-state index in [1.165, 1.54) is 28.4 Å². The molecule has 0 aliphatic heterocycles. The van der Waals surface area contributed by atoms with E-state index in [1.807, 2.05) is 23.1 Å². The number of thiazole rings is 1. The first kappa shape index (κ1) is 17.0. The molecular formula is C15H28N2S2. The summed E-state index contributed by atoms with van der Waals surface area (Å²) in [5.41, 5.74) is 1.32. The molecule has 0 saturated carbocycles. The second-order valence-corrected chi connectivity index (χ2v) is 8.78. The van der Waals surface area contributed by atoms with Crippen LogP contribution in [-0.4, -0.2) is 16.3 Å². The summed E-state index contributed by atoms with van der Waals surface area (Å²) in [6.45, 7) is 13.3. The molecule has 0 atom stereocenters. The first-order valence-electron chi connectivity index (χ1n) is 7.28. The van der Waals surface area contributed by atoms with E-state index in [-0.39, 0.29) is 0 Å². The maximum Gasteiger partial charge on any atom is 0.103 e. The van der Waals surface area contributed by atoms with Crippen molar-refractivity contribution in [3.8, 4) is 0 Å². The number of nitrogens with zero attached hydrogens (tertiary/aromatic N) is 1. The van der Waals surface area contributed by atoms with Crippen LogP contribution in [0.3, 0.4) is 0 Å². The number of hydrogen-bond acceptors (Lipinski definition) is 4. The third-order valence-electron chi connectivity index (χ3n) is 2.65. The van der Waals surface area contributed by atoms with Crippen LogP contribution >= 0.6 is 23.1 Å². The minimum atomic E-state index is 0.317. The number of aromatic nitrogens is 1. The molecule has 1 N–H and O–H groups in total. The third-order valence-corrected chi connectivity index (χ3v) is 5.21. The number of rotatable bonds is 8. The Kier molecular flexibility index (Phi) is 7.40. The smallest absolute Gasteiger partial charge is 0.103 e. The molecule has 1 aromatic rings. The Morgan fingerprint density at radius 3 is 2.53 bits per heavy atom. The molecule has 1 rings (SSSR count). The Labute approximate surface area is 126 Å². The van der Waals surface area contributed by atoms with Crippen LogP contribution in [0.1, 0.15) is 63.0 Å². The highest BCUT2D eigenvalue weighted by Crippen LogP contribution is 2.30. The van der Waals surface area contributed by atoms with Gasteiger partial charge in [0, 0.05) is 21.9 Å². The fraction of sp³-hybridized carbons (Fsp3) is 0.800. The van der Waals surface area contributed by atoms with E-state index in [1.54, 1.807) is 0 Å². The van der Waals surface area contributed by atoms with E-state index in [9.17, 15) is 0 Å². The minimum absolute atomic E-state index is 0.317. The highest BCUT2D eigenvalue weighted by atomic mass is 32.2. The Hall–Kier alpha value is -0.0600. The van der Waals surface area contributed by atoms with Crippen molar-refractivity contribution < 1.29 is 0 Å². The Bertz CT molecular complexity index is 367. The molecular weight excluding hydrogens is 272 g/mol. The lowest BCUT2D eigenvalue weighted by Crippen LogP contribution is -2.13. The summed E-state index contributed by atoms with van der Waals surface area (Å²) in [6, 6.07) is 0. The van der Waals surface area contributed by atoms with Gasteiger partial charge in [-0.1, -0.05) is 41.0 Å². The van der Waals surface area contributed by atoms with Crippen LogP contribution in [0.2, 0.25) is 0 Å². The van der Waals surface area contributed by atoms with Crippen LogP contribution in [0.4, 0.5) is 0 Å². The molecule has 2 nitrogen and oxygen atoms in total. The summed E-state index contributed by atoms with van der Waals surface area (Å²) < 4.78 is 0.317. The average Bonchev–Trinajstić information content (AvgIpc) is 2.70. The first-order chi connectivity index (χ1) is 8.96. The largest absolute Gasteiger partial charge is 0.312 e. The van der Waals surface area contributed by atoms with Crippen LogP contribution in [-0.2, 0) is 18.7 Å². The summed E-state index contributed by atoms with van der Waals surface area (Å²) in [5.74, 6) is 1.04. The summed E-state index contributed by atoms with van der Waals surface area (Å²) in [5, 5.41) is 4.79. The summed E-state index contributed by atoms with van der Waals surface area (Å²) in [4.78, 5) is 6.28. The van der Waals surface area contributed by atoms with Crippen molar-refractivity contribution in [3.05, 3.63) is 15.6 Å². The van der Waals surface area contributed by atoms with Crippen LogP contribution in [0.15, 0.2) is 0 Å². The monoisotopic (exact) mass is 300 g/mol. The predicted octanol–water partition coefficient (Wildman–Crippen LogP) is 4.63. The van der Waals surface area contributed by atoms with Gasteiger partial charge in [0.25, 0.3) is 0 Å². The van der Waals surface area contributed by atoms with Gasteiger partial charge in [-0.15, -0.1) is 23.1 Å². The number of thioether (sulfide) groups is 1. The van der Waals surface area contributed by atoms with E-state index >= 15 is 0 Å². The molecule has 0 radical (unpaired) electrons. The van der Waals surface area contributed by atoms with E-state index in [4.69, 9.17) is 4.98 Å². The zero-order valence-corrected chi connectivity index (χ0v) is 14.6. The molecule has 0 amide bonds. The number of aryl methyl sites for hydroxylation is 1. The number of nitrogens with one attached hydrogen (secondary N) is 1. The van der Waals surface area contributed by atoms with Gasteiger partial charge in [0.1, 0.15) is 5.01 Å². The average molecular weight is 301 g/mol. The van der Waals surface area contributed by atoms with Gasteiger partial charge < -0.3 is 5.32 Å². The topological polar surface area (TPSA) is 24.9 Å². The second-order valence-electron chi connectivity index (χ2n) is 5.81. The van der Waals surface area contributed by atoms with Gasteiger partial charge in [-0.25, -0.2) is 4.98 Å². The van der Waals surface area contributed by atoms with Crippen molar-refractivity contribution in [1.82, 2.24) is 10.3 Å². The summed E-state index contributed by atoms with van der Waals surface area (Å²) in [7, 11) is 0. The van der Waals surface area contributed by atoms with Crippen molar-refractivity contribution >= 4 is 23.1 Å². The lowest BCUT2D eigenvalue weighted by Gasteiger charge is -2.16. The van der Waals surface area contributed by atoms with Gasteiger partial charge in [0.2, 0.25) is 0 Å². The second kappa shape index (κ2) is 8.28. The molecule has 0 fully saturated rings. The fourth-order valence-electron chi connectivity index (χ4n) is 1.73. The zero-order valence-electron chi connectivity index (χ0n) is 13.0. The maximum atomic E-state index is 4.84. The Morgan fingerprint density at radius 2 is 1.95 bits per heavy atom. The van der Waals surface area contributed by atoms with E-state index in [0.29, 0.717) is 4.75 Å². The van der Waals surface area contributed by atoms with Crippen LogP contribution in [0.25, 0.3) is 0 Å². The van der Waals surface area contributed by atoms with E-state index in [0.717, 1.165) is 25.3 Å². The molecule has 110 valence electrons. The normalized spacial score (nSPS) is 12.1. The molecule has 0 saturated heterocycles. The zero-order chi connectivity index (χ0) is 14.3. The lowest BCUT2D eigenvalue weighted by molar-refractivity contribution is 0.674. The summed E-state index contributed by atoms with van der Waals surface area (Å²) >= 11 is 3.88. The molecule has 0 aliphatic rings. The molecule has 0 spiro atoms. The molecule has 0 unspecified atom stereocenters. The molecule has 4 heteroatoms. The molecule has 19 heavy (non-hydrogen) atoms. The minimum Gasteiger partial charge on any atom is -0.312 e. The van der Waals surface area contributed by atoms with Gasteiger partial charge in [-0.3, -0.25) is 0 Å². The Balaban J connectivity index is 2.64. The van der Waals surface area contributed by atoms with Gasteiger partial charge in [0.15, 0.2) is 0 Å². The van der Waals surface area contributed by atoms with Crippen molar-refractivity contribution in [2.75, 3.05) is 6.54 Å². The lowest BCUT2D eigenvalue weighted by atomic mass is 10.2. The van der Waals surface area contributed by atoms with Gasteiger partial charge in [-0.2, -0.15) is 0 Å². The van der Waals surface area contributed by atoms with Crippen LogP contribution in [0, 0.1) is 0 Å². The van der Waals surface area contributed by atoms with Gasteiger partial charge in [-0.05, 0) is 19.4 Å². The molecule has 0 bridgehead atoms. The summed E-state index contributed by atoms with van der Waals surface area (Å²) in [6.07, 6.45) is 3.48. The van der Waals surface area contributed by atoms with Crippen LogP contribution in [0.5, 0.6) is 0 Å². The fourth-order valence-corrected chi connectivity index (χ4v) is 3.64. The quantitative estimate of drug-likeness (QED) is 0.709. The van der Waals surface area contributed by atoms with Crippen LogP contribution < -0.4 is 5.32 Å². The van der Waals surface area contributed by atoms with Crippen molar-refractivity contribution in [2.24, 2.45) is 0 Å².